The molecule has 2 rings (SSSR count). The Morgan fingerprint density at radius 2 is 2.31 bits per heavy atom. The van der Waals surface area contributed by atoms with Crippen LogP contribution in [-0.4, -0.2) is 15.2 Å². The van der Waals surface area contributed by atoms with Gasteiger partial charge in [0.2, 0.25) is 0 Å². The van der Waals surface area contributed by atoms with E-state index < -0.39 is 0 Å². The molecule has 1 aliphatic rings. The number of hydrogen-bond acceptors (Lipinski definition) is 4. The largest absolute Gasteiger partial charge is 0.389 e. The lowest BCUT2D eigenvalue weighted by molar-refractivity contribution is 1.02. The van der Waals surface area contributed by atoms with Crippen molar-refractivity contribution in [1.29, 1.82) is 0 Å². The second-order valence-electron chi connectivity index (χ2n) is 4.32. The summed E-state index contributed by atoms with van der Waals surface area (Å²) in [6.07, 6.45) is 2.49. The van der Waals surface area contributed by atoms with Crippen LogP contribution in [0, 0.1) is 0 Å². The molecule has 0 aliphatic heterocycles. The Balaban J connectivity index is 2.14. The molecule has 1 aromatic heterocycles. The van der Waals surface area contributed by atoms with Crippen LogP contribution in [0.2, 0.25) is 0 Å². The van der Waals surface area contributed by atoms with Crippen LogP contribution in [0.25, 0.3) is 0 Å². The van der Waals surface area contributed by atoms with Crippen LogP contribution in [-0.2, 0) is 5.75 Å². The molecule has 0 unspecified atom stereocenters. The Bertz CT molecular complexity index is 394. The van der Waals surface area contributed by atoms with Crippen LogP contribution in [0.4, 0.5) is 0 Å². The van der Waals surface area contributed by atoms with Crippen molar-refractivity contribution in [2.24, 2.45) is 5.73 Å². The first-order chi connectivity index (χ1) is 7.58. The van der Waals surface area contributed by atoms with Crippen molar-refractivity contribution in [3.05, 3.63) is 15.6 Å². The van der Waals surface area contributed by atoms with E-state index in [1.165, 1.54) is 17.8 Å². The fourth-order valence-corrected chi connectivity index (χ4v) is 3.49. The van der Waals surface area contributed by atoms with Crippen LogP contribution in [0.1, 0.15) is 48.2 Å². The highest BCUT2D eigenvalue weighted by molar-refractivity contribution is 7.99. The highest BCUT2D eigenvalue weighted by Crippen LogP contribution is 2.43. The summed E-state index contributed by atoms with van der Waals surface area (Å²) >= 11 is 8.68. The molecule has 1 aromatic rings. The van der Waals surface area contributed by atoms with Crippen molar-refractivity contribution in [1.82, 2.24) is 4.98 Å². The van der Waals surface area contributed by atoms with E-state index in [1.54, 1.807) is 11.3 Å². The molecule has 0 aromatic carbocycles. The van der Waals surface area contributed by atoms with Gasteiger partial charge in [0, 0.05) is 11.7 Å². The van der Waals surface area contributed by atoms with Crippen LogP contribution < -0.4 is 5.73 Å². The third-order valence-corrected chi connectivity index (χ3v) is 5.15. The number of thioether (sulfide) groups is 1. The number of aromatic nitrogens is 1. The minimum atomic E-state index is 0.514. The highest BCUT2D eigenvalue weighted by Gasteiger charge is 2.30. The molecule has 2 N–H and O–H groups in total. The minimum absolute atomic E-state index is 0.514. The Hall–Kier alpha value is -0.130. The van der Waals surface area contributed by atoms with Gasteiger partial charge in [-0.2, -0.15) is 11.8 Å². The standard InChI is InChI=1S/C11H16N2S3/c1-6(2)15-5-8-13-9(7-3-4-7)10(16-8)11(12)14/h6-7H,3-5H2,1-2H3,(H2,12,14). The Kier molecular flexibility index (Phi) is 3.87. The van der Waals surface area contributed by atoms with Gasteiger partial charge in [-0.1, -0.05) is 26.1 Å². The van der Waals surface area contributed by atoms with Crippen molar-refractivity contribution in [2.75, 3.05) is 0 Å². The van der Waals surface area contributed by atoms with Gasteiger partial charge in [0.05, 0.1) is 10.6 Å². The lowest BCUT2D eigenvalue weighted by atomic mass is 10.2. The summed E-state index contributed by atoms with van der Waals surface area (Å²) in [5.41, 5.74) is 6.91. The van der Waals surface area contributed by atoms with E-state index in [4.69, 9.17) is 22.9 Å². The summed E-state index contributed by atoms with van der Waals surface area (Å²) in [6.45, 7) is 4.41. The van der Waals surface area contributed by atoms with Crippen LogP contribution in [0.5, 0.6) is 0 Å². The zero-order valence-corrected chi connectivity index (χ0v) is 12.0. The summed E-state index contributed by atoms with van der Waals surface area (Å²) in [6, 6.07) is 0. The summed E-state index contributed by atoms with van der Waals surface area (Å²) in [5.74, 6) is 1.61. The first kappa shape index (κ1) is 12.3. The zero-order valence-electron chi connectivity index (χ0n) is 9.53. The molecule has 0 saturated heterocycles. The maximum atomic E-state index is 5.74. The van der Waals surface area contributed by atoms with Gasteiger partial charge in [0.15, 0.2) is 0 Å². The summed E-state index contributed by atoms with van der Waals surface area (Å²) in [7, 11) is 0. The Morgan fingerprint density at radius 1 is 1.62 bits per heavy atom. The summed E-state index contributed by atoms with van der Waals surface area (Å²) in [4.78, 5) is 6.26. The average molecular weight is 272 g/mol. The quantitative estimate of drug-likeness (QED) is 0.835. The van der Waals surface area contributed by atoms with E-state index in [1.807, 2.05) is 11.8 Å². The second-order valence-corrected chi connectivity index (χ2v) is 7.41. The van der Waals surface area contributed by atoms with Gasteiger partial charge in [0.25, 0.3) is 0 Å². The lowest BCUT2D eigenvalue weighted by Crippen LogP contribution is -2.09. The molecule has 0 atom stereocenters. The molecule has 1 saturated carbocycles. The molecule has 2 nitrogen and oxygen atoms in total. The van der Waals surface area contributed by atoms with E-state index in [-0.39, 0.29) is 0 Å². The number of thiazole rings is 1. The van der Waals surface area contributed by atoms with E-state index in [0.717, 1.165) is 16.3 Å². The molecular weight excluding hydrogens is 256 g/mol. The van der Waals surface area contributed by atoms with Gasteiger partial charge < -0.3 is 5.73 Å². The minimum Gasteiger partial charge on any atom is -0.389 e. The average Bonchev–Trinajstić information content (AvgIpc) is 2.95. The third kappa shape index (κ3) is 2.96. The Morgan fingerprint density at radius 3 is 2.81 bits per heavy atom. The van der Waals surface area contributed by atoms with Gasteiger partial charge in [-0.05, 0) is 18.1 Å². The lowest BCUT2D eigenvalue weighted by Gasteiger charge is -2.00. The molecule has 0 amide bonds. The van der Waals surface area contributed by atoms with Gasteiger partial charge >= 0.3 is 0 Å². The van der Waals surface area contributed by atoms with Gasteiger partial charge in [0.1, 0.15) is 10.00 Å². The Labute approximate surface area is 110 Å². The number of nitrogens with two attached hydrogens (primary N) is 1. The third-order valence-electron chi connectivity index (χ3n) is 2.43. The number of rotatable bonds is 5. The smallest absolute Gasteiger partial charge is 0.116 e. The summed E-state index contributed by atoms with van der Waals surface area (Å²) in [5, 5.41) is 1.81. The SMILES string of the molecule is CC(C)SCc1nc(C2CC2)c(C(N)=S)s1. The molecule has 0 bridgehead atoms. The molecule has 1 fully saturated rings. The van der Waals surface area contributed by atoms with Crippen molar-refractivity contribution in [3.63, 3.8) is 0 Å². The van der Waals surface area contributed by atoms with Crippen LogP contribution >= 0.6 is 35.3 Å². The molecule has 16 heavy (non-hydrogen) atoms. The van der Waals surface area contributed by atoms with Crippen LogP contribution in [0.15, 0.2) is 0 Å². The van der Waals surface area contributed by atoms with Crippen molar-refractivity contribution in [3.8, 4) is 0 Å². The maximum absolute atomic E-state index is 5.74. The normalized spacial score (nSPS) is 15.7. The topological polar surface area (TPSA) is 38.9 Å². The van der Waals surface area contributed by atoms with Gasteiger partial charge in [-0.3, -0.25) is 0 Å². The molecule has 5 heteroatoms. The molecule has 0 spiro atoms. The monoisotopic (exact) mass is 272 g/mol. The van der Waals surface area contributed by atoms with Gasteiger partial charge in [-0.25, -0.2) is 4.98 Å². The van der Waals surface area contributed by atoms with Crippen molar-refractivity contribution < 1.29 is 0 Å². The second kappa shape index (κ2) is 5.02. The summed E-state index contributed by atoms with van der Waals surface area (Å²) < 4.78 is 0. The number of thiocarbonyl (C=S) groups is 1. The maximum Gasteiger partial charge on any atom is 0.116 e. The van der Waals surface area contributed by atoms with E-state index in [9.17, 15) is 0 Å². The fourth-order valence-electron chi connectivity index (χ4n) is 1.49. The predicted molar refractivity (Wildman–Crippen MR) is 76.4 cm³/mol. The van der Waals surface area contributed by atoms with Crippen molar-refractivity contribution >= 4 is 40.3 Å². The molecule has 1 heterocycles. The number of nitrogens with zero attached hydrogens (tertiary/aromatic N) is 1. The van der Waals surface area contributed by atoms with E-state index >= 15 is 0 Å². The van der Waals surface area contributed by atoms with E-state index in [0.29, 0.717) is 16.2 Å². The first-order valence-corrected chi connectivity index (χ1v) is 7.76. The van der Waals surface area contributed by atoms with Gasteiger partial charge in [-0.15, -0.1) is 11.3 Å². The first-order valence-electron chi connectivity index (χ1n) is 5.49. The van der Waals surface area contributed by atoms with Crippen LogP contribution in [0.3, 0.4) is 0 Å². The molecular formula is C11H16N2S3. The zero-order chi connectivity index (χ0) is 11.7. The fraction of sp³-hybridized carbons (Fsp3) is 0.636. The highest BCUT2D eigenvalue weighted by atomic mass is 32.2. The van der Waals surface area contributed by atoms with Crippen molar-refractivity contribution in [2.45, 2.75) is 43.6 Å². The molecule has 88 valence electrons. The molecule has 1 aliphatic carbocycles. The van der Waals surface area contributed by atoms with E-state index in [2.05, 4.69) is 13.8 Å². The predicted octanol–water partition coefficient (Wildman–Crippen LogP) is 3.30. The molecule has 0 radical (unpaired) electrons. The number of hydrogen-bond donors (Lipinski definition) is 1.